The molecule has 174 valence electrons. The third kappa shape index (κ3) is 8.44. The number of unbranched alkanes of at least 4 members (excludes halogenated alkanes) is 3. The van der Waals surface area contributed by atoms with E-state index in [1.165, 1.54) is 30.9 Å². The third-order valence-electron chi connectivity index (χ3n) is 5.40. The van der Waals surface area contributed by atoms with E-state index in [1.807, 2.05) is 25.1 Å². The van der Waals surface area contributed by atoms with Crippen LogP contribution in [0.1, 0.15) is 65.3 Å². The minimum atomic E-state index is -0.665. The van der Waals surface area contributed by atoms with Crippen LogP contribution in [0, 0.1) is 0 Å². The Hall–Kier alpha value is -2.70. The number of ether oxygens (including phenoxy) is 2. The number of hydrogen-bond acceptors (Lipinski definition) is 6. The second-order valence-corrected chi connectivity index (χ2v) is 7.76. The Kier molecular flexibility index (Phi) is 11.5. The number of aromatic hydroxyl groups is 1. The molecule has 0 spiro atoms. The Morgan fingerprint density at radius 2 is 1.75 bits per heavy atom. The molecule has 1 unspecified atom stereocenters. The number of benzene rings is 2. The highest BCUT2D eigenvalue weighted by Crippen LogP contribution is 2.20. The molecule has 0 aliphatic carbocycles. The lowest BCUT2D eigenvalue weighted by atomic mass is 9.99. The van der Waals surface area contributed by atoms with E-state index in [0.29, 0.717) is 12.0 Å². The highest BCUT2D eigenvalue weighted by Gasteiger charge is 2.20. The first-order valence-electron chi connectivity index (χ1n) is 11.4. The quantitative estimate of drug-likeness (QED) is 0.240. The lowest BCUT2D eigenvalue weighted by molar-refractivity contribution is 0.0597. The molecule has 2 aromatic rings. The molecule has 0 aromatic heterocycles. The first kappa shape index (κ1) is 25.6. The van der Waals surface area contributed by atoms with Gasteiger partial charge >= 0.3 is 5.97 Å². The Labute approximate surface area is 190 Å². The van der Waals surface area contributed by atoms with Crippen molar-refractivity contribution < 1.29 is 24.2 Å². The van der Waals surface area contributed by atoms with Crippen LogP contribution in [0.3, 0.4) is 0 Å². The number of esters is 1. The molecule has 2 aromatic carbocycles. The zero-order valence-electron chi connectivity index (χ0n) is 19.1. The van der Waals surface area contributed by atoms with Crippen molar-refractivity contribution in [3.63, 3.8) is 0 Å². The van der Waals surface area contributed by atoms with Crippen molar-refractivity contribution in [2.24, 2.45) is 0 Å². The lowest BCUT2D eigenvalue weighted by Crippen LogP contribution is -2.37. The molecule has 0 amide bonds. The molecular weight excluding hydrogens is 406 g/mol. The van der Waals surface area contributed by atoms with Gasteiger partial charge in [-0.3, -0.25) is 4.79 Å². The smallest absolute Gasteiger partial charge is 0.341 e. The van der Waals surface area contributed by atoms with E-state index in [2.05, 4.69) is 22.2 Å². The number of Topliss-reactive ketones (excluding diaryl/α,β-unsaturated/α-hetero) is 1. The van der Waals surface area contributed by atoms with E-state index in [4.69, 9.17) is 4.74 Å². The molecule has 1 atom stereocenters. The number of carbonyl (C=O) groups is 2. The van der Waals surface area contributed by atoms with Gasteiger partial charge in [0, 0.05) is 12.2 Å². The molecule has 6 nitrogen and oxygen atoms in total. The fourth-order valence-corrected chi connectivity index (χ4v) is 3.48. The van der Waals surface area contributed by atoms with E-state index < -0.39 is 5.97 Å². The van der Waals surface area contributed by atoms with Gasteiger partial charge in [0.25, 0.3) is 0 Å². The highest BCUT2D eigenvalue weighted by atomic mass is 16.5. The maximum atomic E-state index is 12.8. The molecule has 0 saturated carbocycles. The van der Waals surface area contributed by atoms with E-state index in [-0.39, 0.29) is 23.1 Å². The van der Waals surface area contributed by atoms with E-state index in [0.717, 1.165) is 51.9 Å². The summed E-state index contributed by atoms with van der Waals surface area (Å²) in [4.78, 5) is 24.6. The van der Waals surface area contributed by atoms with Gasteiger partial charge in [-0.05, 0) is 56.0 Å². The van der Waals surface area contributed by atoms with E-state index in [9.17, 15) is 14.7 Å². The normalized spacial score (nSPS) is 11.8. The number of methoxy groups -OCH3 is 1. The van der Waals surface area contributed by atoms with Gasteiger partial charge in [0.15, 0.2) is 5.78 Å². The summed E-state index contributed by atoms with van der Waals surface area (Å²) >= 11 is 0. The Morgan fingerprint density at radius 3 is 2.47 bits per heavy atom. The van der Waals surface area contributed by atoms with Crippen molar-refractivity contribution in [3.8, 4) is 5.75 Å². The molecule has 0 aliphatic rings. The molecule has 2 N–H and O–H groups in total. The van der Waals surface area contributed by atoms with Gasteiger partial charge in [0.1, 0.15) is 11.3 Å². The summed E-state index contributed by atoms with van der Waals surface area (Å²) in [6, 6.07) is 14.3. The van der Waals surface area contributed by atoms with Crippen molar-refractivity contribution in [3.05, 3.63) is 65.2 Å². The molecule has 0 saturated heterocycles. The van der Waals surface area contributed by atoms with Crippen LogP contribution < -0.4 is 5.32 Å². The maximum absolute atomic E-state index is 12.8. The fraction of sp³-hybridized carbons (Fsp3) is 0.462. The Bertz CT molecular complexity index is 837. The molecule has 0 aliphatic heterocycles. The van der Waals surface area contributed by atoms with Crippen LogP contribution in [0.15, 0.2) is 48.5 Å². The Balaban J connectivity index is 1.62. The van der Waals surface area contributed by atoms with Crippen LogP contribution in [-0.4, -0.2) is 49.8 Å². The summed E-state index contributed by atoms with van der Waals surface area (Å²) in [6.07, 6.45) is 5.77. The number of carbonyl (C=O) groups excluding carboxylic acids is 2. The summed E-state index contributed by atoms with van der Waals surface area (Å²) < 4.78 is 10.4. The molecule has 0 radical (unpaired) electrons. The number of nitrogens with one attached hydrogen (secondary N) is 1. The van der Waals surface area contributed by atoms with Crippen LogP contribution in [0.25, 0.3) is 0 Å². The standard InChI is InChI=1S/C26H35NO5/c1-3-23(25(29)21-13-14-24(28)22(19-21)26(30)31-2)27-16-9-4-5-10-17-32-18-15-20-11-7-6-8-12-20/h6-8,11-14,19,23,27-28H,3-5,9-10,15-18H2,1-2H3. The van der Waals surface area contributed by atoms with Crippen LogP contribution in [0.2, 0.25) is 0 Å². The number of ketones is 1. The van der Waals surface area contributed by atoms with Gasteiger partial charge in [-0.2, -0.15) is 0 Å². The van der Waals surface area contributed by atoms with Gasteiger partial charge in [0.2, 0.25) is 0 Å². The molecule has 2 rings (SSSR count). The van der Waals surface area contributed by atoms with Gasteiger partial charge in [-0.15, -0.1) is 0 Å². The minimum absolute atomic E-state index is 0.000750. The Morgan fingerprint density at radius 1 is 1.00 bits per heavy atom. The van der Waals surface area contributed by atoms with Crippen molar-refractivity contribution in [1.82, 2.24) is 5.32 Å². The van der Waals surface area contributed by atoms with E-state index in [1.54, 1.807) is 0 Å². The summed E-state index contributed by atoms with van der Waals surface area (Å²) in [7, 11) is 1.24. The predicted octanol–water partition coefficient (Wildman–Crippen LogP) is 4.55. The van der Waals surface area contributed by atoms with Gasteiger partial charge < -0.3 is 19.9 Å². The van der Waals surface area contributed by atoms with E-state index >= 15 is 0 Å². The molecule has 32 heavy (non-hydrogen) atoms. The second kappa shape index (κ2) is 14.4. The zero-order valence-corrected chi connectivity index (χ0v) is 19.1. The summed E-state index contributed by atoms with van der Waals surface area (Å²) in [6.45, 7) is 4.23. The van der Waals surface area contributed by atoms with Gasteiger partial charge in [-0.1, -0.05) is 50.1 Å². The lowest BCUT2D eigenvalue weighted by Gasteiger charge is -2.16. The van der Waals surface area contributed by atoms with Crippen molar-refractivity contribution in [2.75, 3.05) is 26.9 Å². The monoisotopic (exact) mass is 441 g/mol. The van der Waals surface area contributed by atoms with Crippen LogP contribution in [-0.2, 0) is 15.9 Å². The molecule has 0 fully saturated rings. The van der Waals surface area contributed by atoms with Crippen molar-refractivity contribution in [2.45, 2.75) is 51.5 Å². The largest absolute Gasteiger partial charge is 0.507 e. The maximum Gasteiger partial charge on any atom is 0.341 e. The first-order chi connectivity index (χ1) is 15.6. The van der Waals surface area contributed by atoms with Crippen LogP contribution in [0.5, 0.6) is 5.75 Å². The average Bonchev–Trinajstić information content (AvgIpc) is 2.82. The molecule has 0 heterocycles. The first-order valence-corrected chi connectivity index (χ1v) is 11.4. The number of phenols is 1. The minimum Gasteiger partial charge on any atom is -0.507 e. The molecule has 0 bridgehead atoms. The number of rotatable bonds is 15. The summed E-state index contributed by atoms with van der Waals surface area (Å²) in [5.41, 5.74) is 1.68. The topological polar surface area (TPSA) is 84.9 Å². The van der Waals surface area contributed by atoms with Gasteiger partial charge in [-0.25, -0.2) is 4.79 Å². The SMILES string of the molecule is CCC(NCCCCCCOCCc1ccccc1)C(=O)c1ccc(O)c(C(=O)OC)c1. The molecular formula is C26H35NO5. The zero-order chi connectivity index (χ0) is 23.2. The van der Waals surface area contributed by atoms with Crippen LogP contribution >= 0.6 is 0 Å². The van der Waals surface area contributed by atoms with Crippen LogP contribution in [0.4, 0.5) is 0 Å². The molecule has 6 heteroatoms. The van der Waals surface area contributed by atoms with Gasteiger partial charge in [0.05, 0.1) is 19.8 Å². The second-order valence-electron chi connectivity index (χ2n) is 7.76. The number of hydrogen-bond donors (Lipinski definition) is 2. The number of phenolic OH excluding ortho intramolecular Hbond substituents is 1. The summed E-state index contributed by atoms with van der Waals surface area (Å²) in [5.74, 6) is -0.954. The predicted molar refractivity (Wildman–Crippen MR) is 125 cm³/mol. The van der Waals surface area contributed by atoms with Crippen molar-refractivity contribution >= 4 is 11.8 Å². The highest BCUT2D eigenvalue weighted by molar-refractivity contribution is 6.03. The third-order valence-corrected chi connectivity index (χ3v) is 5.40. The average molecular weight is 442 g/mol. The van der Waals surface area contributed by atoms with Crippen molar-refractivity contribution in [1.29, 1.82) is 0 Å². The fourth-order valence-electron chi connectivity index (χ4n) is 3.48. The summed E-state index contributed by atoms with van der Waals surface area (Å²) in [5, 5.41) is 13.1.